The first-order chi connectivity index (χ1) is 12.3. The lowest BCUT2D eigenvalue weighted by Crippen LogP contribution is -2.43. The first kappa shape index (κ1) is 19.3. The topological polar surface area (TPSA) is 107 Å². The summed E-state index contributed by atoms with van der Waals surface area (Å²) in [5, 5.41) is 8.87. The number of aliphatic carboxylic acids is 1. The van der Waals surface area contributed by atoms with Crippen LogP contribution in [0.15, 0.2) is 54.6 Å². The largest absolute Gasteiger partial charge is 0.480 e. The monoisotopic (exact) mass is 355 g/mol. The van der Waals surface area contributed by atoms with Crippen LogP contribution in [0.5, 0.6) is 0 Å². The fraction of sp³-hybridized carbons (Fsp3) is 0.250. The Morgan fingerprint density at radius 2 is 1.58 bits per heavy atom. The van der Waals surface area contributed by atoms with E-state index in [1.165, 1.54) is 6.92 Å². The predicted molar refractivity (Wildman–Crippen MR) is 95.9 cm³/mol. The minimum absolute atomic E-state index is 0.144. The number of hydrogen-bond donors (Lipinski definition) is 2. The van der Waals surface area contributed by atoms with E-state index in [0.29, 0.717) is 16.7 Å². The highest BCUT2D eigenvalue weighted by molar-refractivity contribution is 6.09. The second-order valence-corrected chi connectivity index (χ2v) is 6.05. The molecule has 3 atom stereocenters. The molecule has 2 rings (SSSR count). The minimum atomic E-state index is -1.29. The molecule has 0 saturated heterocycles. The zero-order chi connectivity index (χ0) is 19.3. The molecule has 3 unspecified atom stereocenters. The second-order valence-electron chi connectivity index (χ2n) is 6.05. The van der Waals surface area contributed by atoms with Crippen LogP contribution in [-0.4, -0.2) is 35.0 Å². The summed E-state index contributed by atoms with van der Waals surface area (Å²) >= 11 is 0. The number of carboxylic acids is 1. The maximum absolute atomic E-state index is 12.5. The molecule has 0 bridgehead atoms. The van der Waals surface area contributed by atoms with Gasteiger partial charge in [0.2, 0.25) is 0 Å². The van der Waals surface area contributed by atoms with Crippen LogP contribution in [0.1, 0.15) is 41.3 Å². The highest BCUT2D eigenvalue weighted by atomic mass is 16.5. The molecule has 3 N–H and O–H groups in total. The summed E-state index contributed by atoms with van der Waals surface area (Å²) in [6, 6.07) is 14.3. The first-order valence-corrected chi connectivity index (χ1v) is 8.20. The van der Waals surface area contributed by atoms with Crippen molar-refractivity contribution in [1.82, 2.24) is 0 Å². The maximum atomic E-state index is 12.5. The zero-order valence-corrected chi connectivity index (χ0v) is 14.6. The molecule has 0 aliphatic rings. The molecule has 2 aromatic rings. The van der Waals surface area contributed by atoms with E-state index < -0.39 is 30.0 Å². The Hall–Kier alpha value is -2.99. The molecule has 0 aliphatic carbocycles. The number of carbonyl (C=O) groups excluding carboxylic acids is 2. The van der Waals surface area contributed by atoms with Crippen LogP contribution in [0.3, 0.4) is 0 Å². The van der Waals surface area contributed by atoms with Crippen LogP contribution in [0.2, 0.25) is 0 Å². The van der Waals surface area contributed by atoms with Crippen LogP contribution in [-0.2, 0) is 14.3 Å². The van der Waals surface area contributed by atoms with Gasteiger partial charge in [-0.25, -0.2) is 0 Å². The Morgan fingerprint density at radius 3 is 2.19 bits per heavy atom. The van der Waals surface area contributed by atoms with E-state index in [0.717, 1.165) is 0 Å². The van der Waals surface area contributed by atoms with E-state index in [2.05, 4.69) is 0 Å². The summed E-state index contributed by atoms with van der Waals surface area (Å²) in [5.41, 5.74) is 7.08. The van der Waals surface area contributed by atoms with Crippen molar-refractivity contribution >= 4 is 17.7 Å². The highest BCUT2D eigenvalue weighted by Crippen LogP contribution is 2.21. The van der Waals surface area contributed by atoms with Crippen molar-refractivity contribution in [3.05, 3.63) is 71.3 Å². The summed E-state index contributed by atoms with van der Waals surface area (Å²) in [7, 11) is 0. The molecule has 0 saturated carbocycles. The molecule has 0 spiro atoms. The summed E-state index contributed by atoms with van der Waals surface area (Å²) in [4.78, 5) is 35.7. The minimum Gasteiger partial charge on any atom is -0.480 e. The molecular weight excluding hydrogens is 334 g/mol. The number of benzene rings is 2. The molecular formula is C20H21NO5. The van der Waals surface area contributed by atoms with Crippen molar-refractivity contribution < 1.29 is 24.2 Å². The maximum Gasteiger partial charge on any atom is 0.324 e. The van der Waals surface area contributed by atoms with E-state index in [1.807, 2.05) is 6.07 Å². The Labute approximate surface area is 151 Å². The number of hydrogen-bond acceptors (Lipinski definition) is 5. The fourth-order valence-electron chi connectivity index (χ4n) is 2.40. The molecule has 0 radical (unpaired) electrons. The van der Waals surface area contributed by atoms with Crippen molar-refractivity contribution in [3.63, 3.8) is 0 Å². The predicted octanol–water partition coefficient (Wildman–Crippen LogP) is 2.36. The molecule has 0 fully saturated rings. The third kappa shape index (κ3) is 4.55. The Bertz CT molecular complexity index is 803. The fourth-order valence-corrected chi connectivity index (χ4v) is 2.40. The van der Waals surface area contributed by atoms with Gasteiger partial charge in [-0.2, -0.15) is 0 Å². The lowest BCUT2D eigenvalue weighted by Gasteiger charge is -2.20. The van der Waals surface area contributed by atoms with Gasteiger partial charge < -0.3 is 15.6 Å². The number of rotatable bonds is 7. The summed E-state index contributed by atoms with van der Waals surface area (Å²) in [5.74, 6) is -2.65. The van der Waals surface area contributed by atoms with Crippen LogP contribution in [0.4, 0.5) is 0 Å². The Balaban J connectivity index is 2.15. The van der Waals surface area contributed by atoms with E-state index in [4.69, 9.17) is 15.6 Å². The van der Waals surface area contributed by atoms with Crippen molar-refractivity contribution in [3.8, 4) is 0 Å². The van der Waals surface area contributed by atoms with E-state index in [1.54, 1.807) is 55.5 Å². The SMILES string of the molecule is CC(C(=O)OC(C)C(N)C(=O)O)c1cccc(C(=O)c2ccccc2)c1. The molecule has 6 nitrogen and oxygen atoms in total. The summed E-state index contributed by atoms with van der Waals surface area (Å²) < 4.78 is 5.14. The lowest BCUT2D eigenvalue weighted by molar-refractivity contribution is -0.154. The number of carbonyl (C=O) groups is 3. The average Bonchev–Trinajstić information content (AvgIpc) is 2.66. The van der Waals surface area contributed by atoms with E-state index in [-0.39, 0.29) is 5.78 Å². The van der Waals surface area contributed by atoms with E-state index >= 15 is 0 Å². The molecule has 6 heteroatoms. The zero-order valence-electron chi connectivity index (χ0n) is 14.6. The Kier molecular flexibility index (Phi) is 6.25. The number of ether oxygens (including phenoxy) is 1. The van der Waals surface area contributed by atoms with Crippen molar-refractivity contribution in [1.29, 1.82) is 0 Å². The van der Waals surface area contributed by atoms with Crippen LogP contribution in [0.25, 0.3) is 0 Å². The van der Waals surface area contributed by atoms with E-state index in [9.17, 15) is 14.4 Å². The van der Waals surface area contributed by atoms with Gasteiger partial charge in [-0.1, -0.05) is 48.5 Å². The third-order valence-corrected chi connectivity index (χ3v) is 4.13. The normalized spacial score (nSPS) is 14.1. The highest BCUT2D eigenvalue weighted by Gasteiger charge is 2.26. The van der Waals surface area contributed by atoms with Gasteiger partial charge in [0.25, 0.3) is 0 Å². The molecule has 0 amide bonds. The van der Waals surface area contributed by atoms with Gasteiger partial charge in [-0.3, -0.25) is 14.4 Å². The van der Waals surface area contributed by atoms with Gasteiger partial charge in [-0.15, -0.1) is 0 Å². The van der Waals surface area contributed by atoms with Crippen LogP contribution >= 0.6 is 0 Å². The molecule has 0 aliphatic heterocycles. The van der Waals surface area contributed by atoms with Crippen molar-refractivity contribution in [2.75, 3.05) is 0 Å². The average molecular weight is 355 g/mol. The molecule has 0 aromatic heterocycles. The quantitative estimate of drug-likeness (QED) is 0.583. The first-order valence-electron chi connectivity index (χ1n) is 8.20. The summed E-state index contributed by atoms with van der Waals surface area (Å²) in [6.45, 7) is 3.06. The smallest absolute Gasteiger partial charge is 0.324 e. The summed E-state index contributed by atoms with van der Waals surface area (Å²) in [6.07, 6.45) is -0.961. The number of esters is 1. The molecule has 136 valence electrons. The van der Waals surface area contributed by atoms with Crippen molar-refractivity contribution in [2.45, 2.75) is 31.9 Å². The molecule has 26 heavy (non-hydrogen) atoms. The molecule has 0 heterocycles. The van der Waals surface area contributed by atoms with Gasteiger partial charge in [0, 0.05) is 11.1 Å². The van der Waals surface area contributed by atoms with Gasteiger partial charge in [0.05, 0.1) is 5.92 Å². The van der Waals surface area contributed by atoms with Crippen LogP contribution in [0, 0.1) is 0 Å². The Morgan fingerprint density at radius 1 is 0.962 bits per heavy atom. The van der Waals surface area contributed by atoms with Crippen molar-refractivity contribution in [2.24, 2.45) is 5.73 Å². The standard InChI is InChI=1S/C20H21NO5/c1-12(20(25)26-13(2)17(21)19(23)24)15-9-6-10-16(11-15)18(22)14-7-4-3-5-8-14/h3-13,17H,21H2,1-2H3,(H,23,24). The number of carboxylic acid groups (broad SMARTS) is 1. The second kappa shape index (κ2) is 8.40. The molecule has 2 aromatic carbocycles. The number of nitrogens with two attached hydrogens (primary N) is 1. The van der Waals surface area contributed by atoms with Gasteiger partial charge in [-0.05, 0) is 25.5 Å². The van der Waals surface area contributed by atoms with Gasteiger partial charge >= 0.3 is 11.9 Å². The van der Waals surface area contributed by atoms with Gasteiger partial charge in [0.15, 0.2) is 5.78 Å². The van der Waals surface area contributed by atoms with Crippen LogP contribution < -0.4 is 5.73 Å². The third-order valence-electron chi connectivity index (χ3n) is 4.13. The van der Waals surface area contributed by atoms with Gasteiger partial charge in [0.1, 0.15) is 12.1 Å². The number of ketones is 1. The lowest BCUT2D eigenvalue weighted by atomic mass is 9.95.